The van der Waals surface area contributed by atoms with Crippen LogP contribution < -0.4 is 10.2 Å². The van der Waals surface area contributed by atoms with Gasteiger partial charge in [-0.05, 0) is 24.3 Å². The molecule has 0 atom stereocenters. The predicted octanol–water partition coefficient (Wildman–Crippen LogP) is -1.17. The molecule has 2 heterocycles. The van der Waals surface area contributed by atoms with E-state index in [0.717, 1.165) is 0 Å². The van der Waals surface area contributed by atoms with Gasteiger partial charge in [0.2, 0.25) is 0 Å². The van der Waals surface area contributed by atoms with E-state index in [9.17, 15) is 0 Å². The molecule has 0 saturated carbocycles. The monoisotopic (exact) mass is 300 g/mol. The van der Waals surface area contributed by atoms with Crippen LogP contribution in [0.3, 0.4) is 0 Å². The number of pyridine rings is 1. The third kappa shape index (κ3) is 29.2. The van der Waals surface area contributed by atoms with Crippen molar-refractivity contribution in [1.82, 2.24) is 9.97 Å². The number of aromatic amines is 1. The third-order valence-corrected chi connectivity index (χ3v) is 1.06. The Hall–Kier alpha value is -2.01. The van der Waals surface area contributed by atoms with Crippen molar-refractivity contribution >= 4 is 12.9 Å². The summed E-state index contributed by atoms with van der Waals surface area (Å²) in [6.07, 6.45) is 7.25. The van der Waals surface area contributed by atoms with Crippen molar-refractivity contribution in [1.29, 1.82) is 0 Å². The molecule has 0 saturated heterocycles. The molecule has 2 aromatic heterocycles. The predicted molar refractivity (Wildman–Crippen MR) is 57.2 cm³/mol. The van der Waals surface area contributed by atoms with Gasteiger partial charge in [0.05, 0.1) is 0 Å². The van der Waals surface area contributed by atoms with E-state index in [0.29, 0.717) is 0 Å². The number of nitrogens with zero attached hydrogens (tertiary/aromatic N) is 1. The van der Waals surface area contributed by atoms with E-state index in [-0.39, 0.29) is 19.5 Å². The van der Waals surface area contributed by atoms with Gasteiger partial charge in [-0.25, -0.2) is 0 Å². The SMILES string of the molecule is O=C[O-].O=C[O-].[Zn+2].c1cc[nH]c1.c1ccncc1. The van der Waals surface area contributed by atoms with Crippen LogP contribution in [-0.2, 0) is 29.1 Å². The molecule has 0 aromatic carbocycles. The van der Waals surface area contributed by atoms with Gasteiger partial charge >= 0.3 is 19.5 Å². The second-order valence-corrected chi connectivity index (χ2v) is 2.10. The number of carboxylic acid groups (broad SMARTS) is 2. The number of hydrogen-bond acceptors (Lipinski definition) is 5. The molecular formula is C11H12N2O4Zn. The Balaban J connectivity index is -0.000000173. The zero-order valence-electron chi connectivity index (χ0n) is 9.64. The van der Waals surface area contributed by atoms with Crippen LogP contribution >= 0.6 is 0 Å². The number of nitrogens with one attached hydrogen (secondary N) is 1. The first kappa shape index (κ1) is 21.3. The maximum atomic E-state index is 8.25. The van der Waals surface area contributed by atoms with E-state index >= 15 is 0 Å². The Morgan fingerprint density at radius 2 is 1.22 bits per heavy atom. The summed E-state index contributed by atoms with van der Waals surface area (Å²) in [5, 5.41) is 16.5. The summed E-state index contributed by atoms with van der Waals surface area (Å²) >= 11 is 0. The van der Waals surface area contributed by atoms with Gasteiger partial charge in [-0.15, -0.1) is 0 Å². The first-order valence-electron chi connectivity index (χ1n) is 4.37. The summed E-state index contributed by atoms with van der Waals surface area (Å²) in [7, 11) is 0. The summed E-state index contributed by atoms with van der Waals surface area (Å²) in [4.78, 5) is 23.1. The van der Waals surface area contributed by atoms with Crippen molar-refractivity contribution in [3.05, 3.63) is 55.1 Å². The minimum Gasteiger partial charge on any atom is -0.554 e. The molecular weight excluding hydrogens is 290 g/mol. The molecule has 1 N–H and O–H groups in total. The molecule has 0 aliphatic carbocycles. The number of carbonyl (C=O) groups excluding carboxylic acids is 2. The Bertz CT molecular complexity index is 280. The topological polar surface area (TPSA) is 109 Å². The van der Waals surface area contributed by atoms with Crippen molar-refractivity contribution in [2.24, 2.45) is 0 Å². The molecule has 0 aliphatic heterocycles. The van der Waals surface area contributed by atoms with Crippen molar-refractivity contribution in [3.8, 4) is 0 Å². The average molecular weight is 302 g/mol. The normalized spacial score (nSPS) is 6.22. The van der Waals surface area contributed by atoms with Crippen molar-refractivity contribution in [2.75, 3.05) is 0 Å². The van der Waals surface area contributed by atoms with Gasteiger partial charge in [0.1, 0.15) is 0 Å². The molecule has 6 nitrogen and oxygen atoms in total. The van der Waals surface area contributed by atoms with Gasteiger partial charge in [-0.1, -0.05) is 6.07 Å². The van der Waals surface area contributed by atoms with E-state index in [1.165, 1.54) is 0 Å². The second kappa shape index (κ2) is 24.3. The molecule has 0 aliphatic rings. The second-order valence-electron chi connectivity index (χ2n) is 2.10. The molecule has 18 heavy (non-hydrogen) atoms. The van der Waals surface area contributed by atoms with Gasteiger partial charge in [0.25, 0.3) is 0 Å². The molecule has 0 spiro atoms. The van der Waals surface area contributed by atoms with Crippen LogP contribution in [0.1, 0.15) is 0 Å². The summed E-state index contributed by atoms with van der Waals surface area (Å²) in [6.45, 7) is -1.00. The van der Waals surface area contributed by atoms with E-state index in [1.807, 2.05) is 42.7 Å². The Morgan fingerprint density at radius 3 is 1.33 bits per heavy atom. The smallest absolute Gasteiger partial charge is 0.554 e. The molecule has 92 valence electrons. The van der Waals surface area contributed by atoms with E-state index in [4.69, 9.17) is 19.8 Å². The number of hydrogen-bond donors (Lipinski definition) is 1. The zero-order valence-corrected chi connectivity index (χ0v) is 12.6. The van der Waals surface area contributed by atoms with Crippen molar-refractivity contribution in [3.63, 3.8) is 0 Å². The fourth-order valence-electron chi connectivity index (χ4n) is 0.590. The third-order valence-electron chi connectivity index (χ3n) is 1.06. The van der Waals surface area contributed by atoms with Crippen LogP contribution in [0, 0.1) is 0 Å². The first-order valence-corrected chi connectivity index (χ1v) is 4.37. The first-order chi connectivity index (χ1) is 8.33. The van der Waals surface area contributed by atoms with Gasteiger partial charge in [-0.3, -0.25) is 4.98 Å². The minimum atomic E-state index is -0.500. The molecule has 0 bridgehead atoms. The number of carbonyl (C=O) groups is 2. The van der Waals surface area contributed by atoms with E-state index < -0.39 is 12.9 Å². The fourth-order valence-corrected chi connectivity index (χ4v) is 0.590. The Labute approximate surface area is 117 Å². The van der Waals surface area contributed by atoms with Crippen LogP contribution in [0.25, 0.3) is 0 Å². The quantitative estimate of drug-likeness (QED) is 0.487. The summed E-state index contributed by atoms with van der Waals surface area (Å²) in [5.74, 6) is 0. The summed E-state index contributed by atoms with van der Waals surface area (Å²) < 4.78 is 0. The summed E-state index contributed by atoms with van der Waals surface area (Å²) in [5.41, 5.74) is 0. The van der Waals surface area contributed by atoms with Crippen molar-refractivity contribution in [2.45, 2.75) is 0 Å². The van der Waals surface area contributed by atoms with Gasteiger partial charge in [-0.2, -0.15) is 0 Å². The molecule has 0 radical (unpaired) electrons. The van der Waals surface area contributed by atoms with Gasteiger partial charge in [0, 0.05) is 37.7 Å². The van der Waals surface area contributed by atoms with E-state index in [1.54, 1.807) is 12.4 Å². The number of aromatic nitrogens is 2. The summed E-state index contributed by atoms with van der Waals surface area (Å²) in [6, 6.07) is 9.60. The number of rotatable bonds is 0. The molecule has 2 rings (SSSR count). The molecule has 2 aromatic rings. The maximum absolute atomic E-state index is 8.25. The van der Waals surface area contributed by atoms with Gasteiger partial charge < -0.3 is 24.8 Å². The Kier molecular flexibility index (Phi) is 28.7. The molecule has 0 amide bonds. The zero-order chi connectivity index (χ0) is 13.2. The van der Waals surface area contributed by atoms with Crippen LogP contribution in [0.15, 0.2) is 55.1 Å². The minimum absolute atomic E-state index is 0. The standard InChI is InChI=1S/C5H5N.C4H5N.2CH2O2.Zn/c1-2-4-6-5-3-1;1-2-4-5-3-1;2*2-1-3;/h1-5H;1-5H;2*1H,(H,2,3);/q;;;;+2/p-2. The molecule has 0 unspecified atom stereocenters. The van der Waals surface area contributed by atoms with Crippen LogP contribution in [0.5, 0.6) is 0 Å². The maximum Gasteiger partial charge on any atom is 2.00 e. The largest absolute Gasteiger partial charge is 2.00 e. The van der Waals surface area contributed by atoms with Crippen LogP contribution in [0.4, 0.5) is 0 Å². The van der Waals surface area contributed by atoms with Gasteiger partial charge in [0.15, 0.2) is 0 Å². The fraction of sp³-hybridized carbons (Fsp3) is 0. The average Bonchev–Trinajstić information content (AvgIpc) is 2.92. The Morgan fingerprint density at radius 1 is 0.833 bits per heavy atom. The van der Waals surface area contributed by atoms with Crippen LogP contribution in [-0.4, -0.2) is 22.9 Å². The van der Waals surface area contributed by atoms with E-state index in [2.05, 4.69) is 9.97 Å². The number of H-pyrrole nitrogens is 1. The molecule has 0 fully saturated rings. The molecule has 7 heteroatoms. The van der Waals surface area contributed by atoms with Crippen LogP contribution in [0.2, 0.25) is 0 Å². The van der Waals surface area contributed by atoms with Crippen molar-refractivity contribution < 1.29 is 39.3 Å².